The molecule has 0 saturated carbocycles. The normalized spacial score (nSPS) is 22.4. The molecule has 6 heteroatoms. The molecule has 0 bridgehead atoms. The number of morpholine rings is 1. The molecule has 1 fully saturated rings. The average Bonchev–Trinajstić information content (AvgIpc) is 2.16. The number of alkyl halides is 2. The van der Waals surface area contributed by atoms with Crippen molar-refractivity contribution in [1.82, 2.24) is 10.6 Å². The molecule has 1 rings (SSSR count). The zero-order chi connectivity index (χ0) is 10.4. The van der Waals surface area contributed by atoms with E-state index in [0.717, 1.165) is 0 Å². The van der Waals surface area contributed by atoms with Crippen molar-refractivity contribution in [3.8, 4) is 0 Å². The van der Waals surface area contributed by atoms with Gasteiger partial charge in [-0.2, -0.15) is 0 Å². The van der Waals surface area contributed by atoms with E-state index >= 15 is 0 Å². The molecule has 82 valence electrons. The van der Waals surface area contributed by atoms with E-state index in [-0.39, 0.29) is 18.4 Å². The molecule has 0 radical (unpaired) electrons. The topological polar surface area (TPSA) is 50.4 Å². The molecule has 1 amide bonds. The van der Waals surface area contributed by atoms with Crippen LogP contribution < -0.4 is 10.6 Å². The third-order valence-electron chi connectivity index (χ3n) is 1.88. The van der Waals surface area contributed by atoms with E-state index in [1.54, 1.807) is 0 Å². The van der Waals surface area contributed by atoms with Crippen LogP contribution in [0.2, 0.25) is 0 Å². The van der Waals surface area contributed by atoms with Gasteiger partial charge in [-0.05, 0) is 0 Å². The van der Waals surface area contributed by atoms with Crippen LogP contribution in [0.3, 0.4) is 0 Å². The molecule has 2 N–H and O–H groups in total. The first kappa shape index (κ1) is 11.3. The highest BCUT2D eigenvalue weighted by Crippen LogP contribution is 1.98. The van der Waals surface area contributed by atoms with Gasteiger partial charge in [0, 0.05) is 19.0 Å². The summed E-state index contributed by atoms with van der Waals surface area (Å²) in [5.74, 6) is -0.367. The number of carbonyl (C=O) groups excluding carboxylic acids is 1. The molecule has 14 heavy (non-hydrogen) atoms. The third kappa shape index (κ3) is 4.48. The van der Waals surface area contributed by atoms with E-state index in [2.05, 4.69) is 10.6 Å². The summed E-state index contributed by atoms with van der Waals surface area (Å²) in [6, 6.07) is -0.0542. The Morgan fingerprint density at radius 3 is 3.00 bits per heavy atom. The number of ether oxygens (including phenoxy) is 1. The van der Waals surface area contributed by atoms with Crippen LogP contribution in [0.4, 0.5) is 8.78 Å². The maximum atomic E-state index is 11.7. The number of amides is 1. The fourth-order valence-electron chi connectivity index (χ4n) is 1.24. The first-order valence-electron chi connectivity index (χ1n) is 4.54. The SMILES string of the molecule is O=C(CC1COCCN1)NCC(F)F. The van der Waals surface area contributed by atoms with Gasteiger partial charge < -0.3 is 15.4 Å². The van der Waals surface area contributed by atoms with Gasteiger partial charge in [0.1, 0.15) is 0 Å². The molecule has 1 heterocycles. The first-order chi connectivity index (χ1) is 6.68. The highest BCUT2D eigenvalue weighted by Gasteiger charge is 2.17. The van der Waals surface area contributed by atoms with Crippen LogP contribution >= 0.6 is 0 Å². The molecule has 0 aromatic rings. The summed E-state index contributed by atoms with van der Waals surface area (Å²) >= 11 is 0. The summed E-state index contributed by atoms with van der Waals surface area (Å²) in [4.78, 5) is 11.1. The van der Waals surface area contributed by atoms with Gasteiger partial charge in [-0.3, -0.25) is 4.79 Å². The lowest BCUT2D eigenvalue weighted by Crippen LogP contribution is -2.44. The Bertz CT molecular complexity index is 184. The summed E-state index contributed by atoms with van der Waals surface area (Å²) in [6.07, 6.45) is -2.30. The van der Waals surface area contributed by atoms with Gasteiger partial charge >= 0.3 is 0 Å². The fraction of sp³-hybridized carbons (Fsp3) is 0.875. The quantitative estimate of drug-likeness (QED) is 0.669. The Kier molecular flexibility index (Phi) is 4.75. The van der Waals surface area contributed by atoms with Crippen molar-refractivity contribution in [2.75, 3.05) is 26.3 Å². The molecule has 1 saturated heterocycles. The molecule has 1 aliphatic rings. The minimum atomic E-state index is -2.49. The van der Waals surface area contributed by atoms with Crippen LogP contribution in [0.5, 0.6) is 0 Å². The van der Waals surface area contributed by atoms with Gasteiger partial charge in [0.05, 0.1) is 19.8 Å². The van der Waals surface area contributed by atoms with Gasteiger partial charge in [-0.1, -0.05) is 0 Å². The summed E-state index contributed by atoms with van der Waals surface area (Å²) in [7, 11) is 0. The second-order valence-electron chi connectivity index (χ2n) is 3.13. The Morgan fingerprint density at radius 2 is 2.43 bits per heavy atom. The smallest absolute Gasteiger partial charge is 0.255 e. The number of carbonyl (C=O) groups is 1. The summed E-state index contributed by atoms with van der Waals surface area (Å²) < 4.78 is 28.6. The second-order valence-corrected chi connectivity index (χ2v) is 3.13. The second kappa shape index (κ2) is 5.87. The van der Waals surface area contributed by atoms with E-state index in [4.69, 9.17) is 4.74 Å². The van der Waals surface area contributed by atoms with Crippen molar-refractivity contribution in [3.05, 3.63) is 0 Å². The van der Waals surface area contributed by atoms with E-state index in [1.165, 1.54) is 0 Å². The molecule has 1 aliphatic heterocycles. The van der Waals surface area contributed by atoms with Crippen molar-refractivity contribution in [1.29, 1.82) is 0 Å². The van der Waals surface area contributed by atoms with Gasteiger partial charge in [-0.15, -0.1) is 0 Å². The molecule has 0 aliphatic carbocycles. The molecule has 1 atom stereocenters. The van der Waals surface area contributed by atoms with Crippen molar-refractivity contribution in [3.63, 3.8) is 0 Å². The lowest BCUT2D eigenvalue weighted by Gasteiger charge is -2.23. The number of halogens is 2. The standard InChI is InChI=1S/C8H14F2N2O2/c9-7(10)4-12-8(13)3-6-5-14-2-1-11-6/h6-7,11H,1-5H2,(H,12,13). The third-order valence-corrected chi connectivity index (χ3v) is 1.88. The average molecular weight is 208 g/mol. The van der Waals surface area contributed by atoms with Crippen LogP contribution in [0.15, 0.2) is 0 Å². The van der Waals surface area contributed by atoms with E-state index in [1.807, 2.05) is 0 Å². The molecule has 4 nitrogen and oxygen atoms in total. The van der Waals surface area contributed by atoms with Crippen molar-refractivity contribution >= 4 is 5.91 Å². The molecular formula is C8H14F2N2O2. The van der Waals surface area contributed by atoms with Crippen LogP contribution in [0, 0.1) is 0 Å². The Labute approximate surface area is 81.0 Å². The minimum absolute atomic E-state index is 0.0542. The zero-order valence-electron chi connectivity index (χ0n) is 7.76. The molecule has 0 aromatic heterocycles. The van der Waals surface area contributed by atoms with Crippen LogP contribution in [0.25, 0.3) is 0 Å². The van der Waals surface area contributed by atoms with Crippen molar-refractivity contribution in [2.45, 2.75) is 18.9 Å². The van der Waals surface area contributed by atoms with Crippen LogP contribution in [-0.4, -0.2) is 44.7 Å². The van der Waals surface area contributed by atoms with Gasteiger partial charge in [0.2, 0.25) is 5.91 Å². The number of hydrogen-bond donors (Lipinski definition) is 2. The predicted molar refractivity (Wildman–Crippen MR) is 46.2 cm³/mol. The monoisotopic (exact) mass is 208 g/mol. The number of nitrogens with one attached hydrogen (secondary N) is 2. The van der Waals surface area contributed by atoms with Gasteiger partial charge in [0.15, 0.2) is 0 Å². The summed E-state index contributed by atoms with van der Waals surface area (Å²) in [6.45, 7) is 1.22. The predicted octanol–water partition coefficient (Wildman–Crippen LogP) is -0.254. The van der Waals surface area contributed by atoms with E-state index < -0.39 is 13.0 Å². The molecular weight excluding hydrogens is 194 g/mol. The number of rotatable bonds is 4. The molecule has 0 spiro atoms. The van der Waals surface area contributed by atoms with Gasteiger partial charge in [-0.25, -0.2) is 8.78 Å². The Morgan fingerprint density at radius 1 is 1.64 bits per heavy atom. The molecule has 0 aromatic carbocycles. The van der Waals surface area contributed by atoms with Gasteiger partial charge in [0.25, 0.3) is 6.43 Å². The maximum absolute atomic E-state index is 11.7. The molecule has 1 unspecified atom stereocenters. The summed E-state index contributed by atoms with van der Waals surface area (Å²) in [5.41, 5.74) is 0. The first-order valence-corrected chi connectivity index (χ1v) is 4.54. The lowest BCUT2D eigenvalue weighted by molar-refractivity contribution is -0.122. The van der Waals surface area contributed by atoms with Crippen molar-refractivity contribution < 1.29 is 18.3 Å². The van der Waals surface area contributed by atoms with Crippen LogP contribution in [-0.2, 0) is 9.53 Å². The summed E-state index contributed by atoms with van der Waals surface area (Å²) in [5, 5.41) is 5.21. The largest absolute Gasteiger partial charge is 0.378 e. The maximum Gasteiger partial charge on any atom is 0.255 e. The highest BCUT2D eigenvalue weighted by molar-refractivity contribution is 5.76. The van der Waals surface area contributed by atoms with E-state index in [9.17, 15) is 13.6 Å². The lowest BCUT2D eigenvalue weighted by atomic mass is 10.2. The Balaban J connectivity index is 2.12. The Hall–Kier alpha value is -0.750. The van der Waals surface area contributed by atoms with Crippen LogP contribution in [0.1, 0.15) is 6.42 Å². The zero-order valence-corrected chi connectivity index (χ0v) is 7.76. The fourth-order valence-corrected chi connectivity index (χ4v) is 1.24. The van der Waals surface area contributed by atoms with Crippen molar-refractivity contribution in [2.24, 2.45) is 0 Å². The highest BCUT2D eigenvalue weighted by atomic mass is 19.3. The minimum Gasteiger partial charge on any atom is -0.378 e. The van der Waals surface area contributed by atoms with E-state index in [0.29, 0.717) is 19.8 Å². The number of hydrogen-bond acceptors (Lipinski definition) is 3.